The minimum atomic E-state index is 0.711. The number of hydrogen-bond donors (Lipinski definition) is 1. The second kappa shape index (κ2) is 12.6. The van der Waals surface area contributed by atoms with E-state index in [4.69, 9.17) is 0 Å². The van der Waals surface area contributed by atoms with Gasteiger partial charge in [0.2, 0.25) is 0 Å². The predicted molar refractivity (Wildman–Crippen MR) is 136 cm³/mol. The molecule has 2 heteroatoms. The average molecular weight is 410 g/mol. The molecule has 0 unspecified atom stereocenters. The fourth-order valence-electron chi connectivity index (χ4n) is 3.24. The van der Waals surface area contributed by atoms with Crippen LogP contribution < -0.4 is 4.90 Å². The molecule has 0 amide bonds. The van der Waals surface area contributed by atoms with Crippen LogP contribution >= 0.6 is 12.6 Å². The van der Waals surface area contributed by atoms with Gasteiger partial charge in [-0.05, 0) is 73.6 Å². The Balaban J connectivity index is 0.000000612. The maximum Gasteiger partial charge on any atom is 0.0694 e. The van der Waals surface area contributed by atoms with Crippen LogP contribution in [-0.4, -0.2) is 0 Å². The van der Waals surface area contributed by atoms with E-state index in [0.29, 0.717) is 5.03 Å². The summed E-state index contributed by atoms with van der Waals surface area (Å²) in [5.74, 6) is 0.898. The monoisotopic (exact) mass is 409 g/mol. The van der Waals surface area contributed by atoms with Crippen LogP contribution in [0, 0.1) is 19.8 Å². The molecule has 0 saturated carbocycles. The maximum absolute atomic E-state index is 4.55. The van der Waals surface area contributed by atoms with Gasteiger partial charge < -0.3 is 4.90 Å². The first-order valence-electron chi connectivity index (χ1n) is 10.8. The van der Waals surface area contributed by atoms with Crippen molar-refractivity contribution in [2.45, 2.75) is 67.7 Å². The van der Waals surface area contributed by atoms with Gasteiger partial charge in [-0.3, -0.25) is 0 Å². The lowest BCUT2D eigenvalue weighted by atomic mass is 10.0. The number of benzene rings is 2. The van der Waals surface area contributed by atoms with Crippen molar-refractivity contribution in [3.05, 3.63) is 82.4 Å². The molecule has 2 aromatic rings. The van der Waals surface area contributed by atoms with Crippen LogP contribution in [0.4, 0.5) is 5.69 Å². The number of rotatable bonds is 7. The van der Waals surface area contributed by atoms with Gasteiger partial charge in [0.1, 0.15) is 0 Å². The molecule has 0 fully saturated rings. The van der Waals surface area contributed by atoms with E-state index in [0.717, 1.165) is 23.7 Å². The second-order valence-electron chi connectivity index (χ2n) is 7.93. The van der Waals surface area contributed by atoms with Crippen molar-refractivity contribution in [1.29, 1.82) is 0 Å². The third-order valence-electron chi connectivity index (χ3n) is 5.02. The average Bonchev–Trinajstić information content (AvgIpc) is 2.68. The molecule has 0 bridgehead atoms. The largest absolute Gasteiger partial charge is 0.305 e. The van der Waals surface area contributed by atoms with Crippen molar-refractivity contribution in [3.63, 3.8) is 0 Å². The summed E-state index contributed by atoms with van der Waals surface area (Å²) < 4.78 is 0. The van der Waals surface area contributed by atoms with Crippen molar-refractivity contribution < 1.29 is 0 Å². The van der Waals surface area contributed by atoms with Gasteiger partial charge in [0.05, 0.1) is 5.03 Å². The van der Waals surface area contributed by atoms with E-state index in [1.165, 1.54) is 35.1 Å². The van der Waals surface area contributed by atoms with Gasteiger partial charge in [-0.25, -0.2) is 0 Å². The molecule has 0 atom stereocenters. The predicted octanol–water partition coefficient (Wildman–Crippen LogP) is 8.58. The molecule has 0 heterocycles. The molecule has 0 N–H and O–H groups in total. The quantitative estimate of drug-likeness (QED) is 0.448. The summed E-state index contributed by atoms with van der Waals surface area (Å²) in [6.45, 7) is 19.3. The van der Waals surface area contributed by atoms with Crippen LogP contribution in [0.25, 0.3) is 5.70 Å². The Hall–Kier alpha value is -1.93. The summed E-state index contributed by atoms with van der Waals surface area (Å²) in [7, 11) is 0. The summed E-state index contributed by atoms with van der Waals surface area (Å²) in [5.41, 5.74) is 7.24. The standard InChI is InChI=1S/C21H25NS.C6H14/c1-6-18-9-8-10-19(14-18)21(7-2)22(17(5)23)20-12-11-15(3)16(4)13-20;1-4-5-6(2)3/h7-14,23H,5-6H2,1-4H3;6H,4-5H2,1-3H3/b21-7-;. The van der Waals surface area contributed by atoms with E-state index in [1.54, 1.807) is 0 Å². The molecule has 0 saturated heterocycles. The first-order valence-corrected chi connectivity index (χ1v) is 11.2. The highest BCUT2D eigenvalue weighted by Crippen LogP contribution is 2.32. The van der Waals surface area contributed by atoms with E-state index in [9.17, 15) is 0 Å². The summed E-state index contributed by atoms with van der Waals surface area (Å²) in [5, 5.41) is 0.711. The van der Waals surface area contributed by atoms with Crippen molar-refractivity contribution in [2.24, 2.45) is 5.92 Å². The van der Waals surface area contributed by atoms with Gasteiger partial charge >= 0.3 is 0 Å². The fraction of sp³-hybridized carbons (Fsp3) is 0.407. The maximum atomic E-state index is 4.55. The van der Waals surface area contributed by atoms with Gasteiger partial charge in [0.15, 0.2) is 0 Å². The zero-order valence-corrected chi connectivity index (χ0v) is 20.3. The summed E-state index contributed by atoms with van der Waals surface area (Å²) >= 11 is 4.55. The highest BCUT2D eigenvalue weighted by Gasteiger charge is 2.15. The molecule has 0 aliphatic carbocycles. The molecule has 29 heavy (non-hydrogen) atoms. The number of anilines is 1. The van der Waals surface area contributed by atoms with Crippen molar-refractivity contribution in [2.75, 3.05) is 4.90 Å². The van der Waals surface area contributed by atoms with Crippen LogP contribution in [0.1, 0.15) is 69.7 Å². The van der Waals surface area contributed by atoms with Crippen LogP contribution in [0.5, 0.6) is 0 Å². The lowest BCUT2D eigenvalue weighted by Gasteiger charge is -2.28. The molecule has 0 spiro atoms. The normalized spacial score (nSPS) is 11.1. The molecule has 0 aromatic heterocycles. The van der Waals surface area contributed by atoms with E-state index < -0.39 is 0 Å². The Labute approximate surface area is 185 Å². The highest BCUT2D eigenvalue weighted by molar-refractivity contribution is 7.84. The third-order valence-corrected chi connectivity index (χ3v) is 5.22. The summed E-state index contributed by atoms with van der Waals surface area (Å²) in [4.78, 5) is 2.10. The Morgan fingerprint density at radius 3 is 2.21 bits per heavy atom. The molecule has 0 radical (unpaired) electrons. The Kier molecular flexibility index (Phi) is 10.9. The lowest BCUT2D eigenvalue weighted by molar-refractivity contribution is 0.576. The van der Waals surface area contributed by atoms with Gasteiger partial charge in [0, 0.05) is 11.4 Å². The van der Waals surface area contributed by atoms with Gasteiger partial charge in [-0.2, -0.15) is 0 Å². The first-order chi connectivity index (χ1) is 13.7. The Morgan fingerprint density at radius 1 is 1.07 bits per heavy atom. The van der Waals surface area contributed by atoms with Gasteiger partial charge in [0.25, 0.3) is 0 Å². The summed E-state index contributed by atoms with van der Waals surface area (Å²) in [6, 6.07) is 15.1. The van der Waals surface area contributed by atoms with Crippen molar-refractivity contribution in [1.82, 2.24) is 0 Å². The first kappa shape index (κ1) is 25.1. The van der Waals surface area contributed by atoms with Crippen LogP contribution in [0.2, 0.25) is 0 Å². The van der Waals surface area contributed by atoms with Gasteiger partial charge in [-0.15, -0.1) is 12.6 Å². The van der Waals surface area contributed by atoms with Gasteiger partial charge in [-0.1, -0.05) is 77.5 Å². The molecule has 0 aliphatic heterocycles. The zero-order chi connectivity index (χ0) is 22.0. The molecule has 2 rings (SSSR count). The number of thiol groups is 1. The molecule has 1 nitrogen and oxygen atoms in total. The van der Waals surface area contributed by atoms with E-state index in [2.05, 4.69) is 121 Å². The SMILES string of the molecule is C=C(S)N(/C(=C\C)c1cccc(CC)c1)c1ccc(C)c(C)c1.CCCC(C)C. The van der Waals surface area contributed by atoms with Crippen LogP contribution in [-0.2, 0) is 6.42 Å². The van der Waals surface area contributed by atoms with Crippen LogP contribution in [0.15, 0.2) is 60.1 Å². The van der Waals surface area contributed by atoms with Crippen LogP contribution in [0.3, 0.4) is 0 Å². The number of hydrogen-bond acceptors (Lipinski definition) is 2. The summed E-state index contributed by atoms with van der Waals surface area (Å²) in [6.07, 6.45) is 5.85. The van der Waals surface area contributed by atoms with Crippen molar-refractivity contribution in [3.8, 4) is 0 Å². The van der Waals surface area contributed by atoms with E-state index in [1.807, 2.05) is 0 Å². The van der Waals surface area contributed by atoms with Crippen molar-refractivity contribution >= 4 is 24.0 Å². The number of nitrogens with zero attached hydrogens (tertiary/aromatic N) is 1. The Bertz CT molecular complexity index is 817. The molecular weight excluding hydrogens is 370 g/mol. The highest BCUT2D eigenvalue weighted by atomic mass is 32.1. The van der Waals surface area contributed by atoms with E-state index in [-0.39, 0.29) is 0 Å². The van der Waals surface area contributed by atoms with E-state index >= 15 is 0 Å². The second-order valence-corrected chi connectivity index (χ2v) is 8.45. The fourth-order valence-corrected chi connectivity index (χ4v) is 3.47. The zero-order valence-electron chi connectivity index (χ0n) is 19.4. The minimum Gasteiger partial charge on any atom is -0.305 e. The minimum absolute atomic E-state index is 0.711. The molecule has 2 aromatic carbocycles. The number of allylic oxidation sites excluding steroid dienone is 1. The smallest absolute Gasteiger partial charge is 0.0694 e. The molecule has 0 aliphatic rings. The topological polar surface area (TPSA) is 3.24 Å². The number of aryl methyl sites for hydroxylation is 3. The molecular formula is C27H39NS. The molecule has 158 valence electrons. The Morgan fingerprint density at radius 2 is 1.76 bits per heavy atom. The third kappa shape index (κ3) is 7.78. The lowest BCUT2D eigenvalue weighted by Crippen LogP contribution is -2.18.